The van der Waals surface area contributed by atoms with Gasteiger partial charge in [-0.15, -0.1) is 0 Å². The minimum Gasteiger partial charge on any atom is -0.385 e. The number of hydrogen-bond donors (Lipinski definition) is 1. The molecule has 22 heavy (non-hydrogen) atoms. The van der Waals surface area contributed by atoms with Crippen LogP contribution in [0.2, 0.25) is 5.02 Å². The van der Waals surface area contributed by atoms with Crippen molar-refractivity contribution in [3.05, 3.63) is 79.4 Å². The summed E-state index contributed by atoms with van der Waals surface area (Å²) in [6, 6.07) is 12.0. The number of hydrogen-bond acceptors (Lipinski definition) is 3. The van der Waals surface area contributed by atoms with Gasteiger partial charge < -0.3 is 5.32 Å². The molecule has 0 saturated heterocycles. The van der Waals surface area contributed by atoms with Crippen LogP contribution in [0.4, 0.5) is 5.69 Å². The lowest BCUT2D eigenvalue weighted by atomic mass is 10.1. The molecule has 2 aromatic carbocycles. The van der Waals surface area contributed by atoms with Crippen LogP contribution in [-0.2, 0) is 0 Å². The Bertz CT molecular complexity index is 803. The van der Waals surface area contributed by atoms with Gasteiger partial charge in [0.1, 0.15) is 0 Å². The lowest BCUT2D eigenvalue weighted by Gasteiger charge is -1.96. The van der Waals surface area contributed by atoms with Crippen molar-refractivity contribution in [1.29, 1.82) is 0 Å². The Labute approximate surface area is 141 Å². The highest BCUT2D eigenvalue weighted by Gasteiger charge is 2.10. The summed E-state index contributed by atoms with van der Waals surface area (Å²) in [7, 11) is 1.64. The van der Waals surface area contributed by atoms with Gasteiger partial charge in [-0.3, -0.25) is 9.59 Å². The van der Waals surface area contributed by atoms with Crippen LogP contribution >= 0.6 is 27.5 Å². The van der Waals surface area contributed by atoms with Crippen LogP contribution in [0.15, 0.2) is 57.8 Å². The molecule has 1 N–H and O–H groups in total. The van der Waals surface area contributed by atoms with Crippen LogP contribution in [0.1, 0.15) is 15.9 Å². The minimum absolute atomic E-state index is 0.0968. The molecule has 112 valence electrons. The molecule has 0 aliphatic carbocycles. The molecule has 0 saturated carbocycles. The summed E-state index contributed by atoms with van der Waals surface area (Å²) in [6.45, 7) is 0. The number of ketones is 1. The number of nitrogens with one attached hydrogen (secondary N) is 1. The Balaban J connectivity index is 2.40. The molecule has 0 atom stereocenters. The van der Waals surface area contributed by atoms with E-state index in [1.54, 1.807) is 43.5 Å². The van der Waals surface area contributed by atoms with E-state index in [1.165, 1.54) is 12.1 Å². The first-order valence-corrected chi connectivity index (χ1v) is 7.68. The fourth-order valence-electron chi connectivity index (χ4n) is 1.89. The third-order valence-corrected chi connectivity index (χ3v) is 3.72. The first-order chi connectivity index (χ1) is 10.5. The predicted molar refractivity (Wildman–Crippen MR) is 94.8 cm³/mol. The van der Waals surface area contributed by atoms with Crippen LogP contribution in [0.5, 0.6) is 0 Å². The summed E-state index contributed by atoms with van der Waals surface area (Å²) >= 11 is 9.20. The van der Waals surface area contributed by atoms with Crippen LogP contribution < -0.4 is 10.7 Å². The maximum atomic E-state index is 12.3. The van der Waals surface area contributed by atoms with Gasteiger partial charge in [0.15, 0.2) is 5.78 Å². The molecule has 0 aliphatic heterocycles. The van der Waals surface area contributed by atoms with Crippen molar-refractivity contribution in [3.8, 4) is 0 Å². The maximum absolute atomic E-state index is 12.3. The first-order valence-electron chi connectivity index (χ1n) is 6.51. The number of anilines is 1. The van der Waals surface area contributed by atoms with Gasteiger partial charge in [0.2, 0.25) is 5.43 Å². The zero-order chi connectivity index (χ0) is 16.1. The standard InChI is InChI=1S/C17H13BrClNO2/c1-20-15-7-6-12(18)10-14(17(15)22)16(21)8-5-11-3-2-4-13(19)9-11/h2-10H,1H3,(H,20,22)/b8-5+. The quantitative estimate of drug-likeness (QED) is 0.633. The number of halogens is 2. The zero-order valence-corrected chi connectivity index (χ0v) is 14.1. The molecule has 0 bridgehead atoms. The SMILES string of the molecule is CNc1ccc(Br)cc(C(=O)/C=C/c2cccc(Cl)c2)c1=O. The first kappa shape index (κ1) is 16.5. The second-order valence-electron chi connectivity index (χ2n) is 4.52. The molecule has 0 unspecified atom stereocenters. The summed E-state index contributed by atoms with van der Waals surface area (Å²) < 4.78 is 0.658. The summed E-state index contributed by atoms with van der Waals surface area (Å²) in [5, 5.41) is 3.38. The second-order valence-corrected chi connectivity index (χ2v) is 5.87. The average Bonchev–Trinajstić information content (AvgIpc) is 2.64. The van der Waals surface area contributed by atoms with E-state index < -0.39 is 0 Å². The summed E-state index contributed by atoms with van der Waals surface area (Å²) in [5.74, 6) is -0.363. The van der Waals surface area contributed by atoms with Crippen molar-refractivity contribution in [2.24, 2.45) is 0 Å². The summed E-state index contributed by atoms with van der Waals surface area (Å²) in [6.07, 6.45) is 3.00. The molecule has 2 aromatic rings. The molecule has 0 amide bonds. The van der Waals surface area contributed by atoms with Crippen molar-refractivity contribution in [2.45, 2.75) is 0 Å². The highest BCUT2D eigenvalue weighted by atomic mass is 79.9. The zero-order valence-electron chi connectivity index (χ0n) is 11.8. The van der Waals surface area contributed by atoms with E-state index in [0.717, 1.165) is 5.56 Å². The Morgan fingerprint density at radius 2 is 2.00 bits per heavy atom. The number of allylic oxidation sites excluding steroid dienone is 1. The predicted octanol–water partition coefficient (Wildman–Crippen LogP) is 4.40. The largest absolute Gasteiger partial charge is 0.385 e. The Morgan fingerprint density at radius 1 is 1.23 bits per heavy atom. The molecule has 0 radical (unpaired) electrons. The maximum Gasteiger partial charge on any atom is 0.212 e. The van der Waals surface area contributed by atoms with Gasteiger partial charge in [-0.1, -0.05) is 45.7 Å². The molecule has 0 fully saturated rings. The molecule has 3 nitrogen and oxygen atoms in total. The van der Waals surface area contributed by atoms with Crippen molar-refractivity contribution >= 4 is 45.1 Å². The van der Waals surface area contributed by atoms with Crippen molar-refractivity contribution < 1.29 is 4.79 Å². The topological polar surface area (TPSA) is 46.2 Å². The smallest absolute Gasteiger partial charge is 0.212 e. The van der Waals surface area contributed by atoms with Gasteiger partial charge >= 0.3 is 0 Å². The normalized spacial score (nSPS) is 10.7. The molecule has 0 aliphatic rings. The summed E-state index contributed by atoms with van der Waals surface area (Å²) in [4.78, 5) is 24.6. The third-order valence-electron chi connectivity index (χ3n) is 2.99. The third kappa shape index (κ3) is 4.06. The van der Waals surface area contributed by atoms with Gasteiger partial charge in [0.25, 0.3) is 0 Å². The summed E-state index contributed by atoms with van der Waals surface area (Å²) in [5.41, 5.74) is 0.917. The average molecular weight is 379 g/mol. The Morgan fingerprint density at radius 3 is 2.68 bits per heavy atom. The molecular formula is C17H13BrClNO2. The number of rotatable bonds is 4. The second kappa shape index (κ2) is 7.38. The monoisotopic (exact) mass is 377 g/mol. The van der Waals surface area contributed by atoms with Gasteiger partial charge in [-0.2, -0.15) is 0 Å². The molecule has 0 aromatic heterocycles. The van der Waals surface area contributed by atoms with Crippen LogP contribution in [-0.4, -0.2) is 12.8 Å². The van der Waals surface area contributed by atoms with E-state index >= 15 is 0 Å². The van der Waals surface area contributed by atoms with Crippen molar-refractivity contribution in [1.82, 2.24) is 0 Å². The molecule has 5 heteroatoms. The van der Waals surface area contributed by atoms with E-state index in [4.69, 9.17) is 11.6 Å². The van der Waals surface area contributed by atoms with Gasteiger partial charge in [0, 0.05) is 16.5 Å². The van der Waals surface area contributed by atoms with Gasteiger partial charge in [-0.05, 0) is 42.0 Å². The Hall–Kier alpha value is -1.91. The van der Waals surface area contributed by atoms with E-state index in [9.17, 15) is 9.59 Å². The Kier molecular flexibility index (Phi) is 5.52. The van der Waals surface area contributed by atoms with E-state index in [0.29, 0.717) is 15.2 Å². The highest BCUT2D eigenvalue weighted by molar-refractivity contribution is 9.10. The number of benzene rings is 1. The van der Waals surface area contributed by atoms with E-state index in [2.05, 4.69) is 21.2 Å². The highest BCUT2D eigenvalue weighted by Crippen LogP contribution is 2.14. The fourth-order valence-corrected chi connectivity index (χ4v) is 2.45. The van der Waals surface area contributed by atoms with Crippen molar-refractivity contribution in [3.63, 3.8) is 0 Å². The number of carbonyl (C=O) groups is 1. The molecule has 0 spiro atoms. The number of carbonyl (C=O) groups excluding carboxylic acids is 1. The molecular weight excluding hydrogens is 366 g/mol. The van der Waals surface area contributed by atoms with Crippen molar-refractivity contribution in [2.75, 3.05) is 12.4 Å². The molecule has 2 rings (SSSR count). The van der Waals surface area contributed by atoms with Crippen LogP contribution in [0.3, 0.4) is 0 Å². The van der Waals surface area contributed by atoms with Crippen LogP contribution in [0, 0.1) is 0 Å². The fraction of sp³-hybridized carbons (Fsp3) is 0.0588. The van der Waals surface area contributed by atoms with Crippen LogP contribution in [0.25, 0.3) is 6.08 Å². The lowest BCUT2D eigenvalue weighted by molar-refractivity contribution is 0.104. The van der Waals surface area contributed by atoms with Gasteiger partial charge in [0.05, 0.1) is 11.3 Å². The van der Waals surface area contributed by atoms with Gasteiger partial charge in [-0.25, -0.2) is 0 Å². The van der Waals surface area contributed by atoms with E-state index in [1.807, 2.05) is 6.07 Å². The molecule has 0 heterocycles. The lowest BCUT2D eigenvalue weighted by Crippen LogP contribution is -2.14. The van der Waals surface area contributed by atoms with E-state index in [-0.39, 0.29) is 16.8 Å². The minimum atomic E-state index is -0.363.